The topological polar surface area (TPSA) is 88.1 Å². The van der Waals surface area contributed by atoms with E-state index in [1.165, 1.54) is 38.5 Å². The van der Waals surface area contributed by atoms with E-state index in [0.29, 0.717) is 0 Å². The zero-order valence-corrected chi connectivity index (χ0v) is 9.34. The van der Waals surface area contributed by atoms with Gasteiger partial charge in [-0.25, -0.2) is 10.2 Å². The Hall–Kier alpha value is -1.96. The third-order valence-electron chi connectivity index (χ3n) is 1.90. The lowest BCUT2D eigenvalue weighted by Crippen LogP contribution is -2.40. The summed E-state index contributed by atoms with van der Waals surface area (Å²) >= 11 is 0. The highest BCUT2D eigenvalue weighted by Crippen LogP contribution is 2.05. The molecule has 0 fully saturated rings. The van der Waals surface area contributed by atoms with Crippen molar-refractivity contribution in [2.75, 3.05) is 14.2 Å². The van der Waals surface area contributed by atoms with E-state index in [9.17, 15) is 9.59 Å². The molecular formula is C10H12N2O5. The van der Waals surface area contributed by atoms with Gasteiger partial charge in [-0.3, -0.25) is 14.5 Å². The van der Waals surface area contributed by atoms with Gasteiger partial charge in [-0.15, -0.1) is 0 Å². The molecule has 0 unspecified atom stereocenters. The summed E-state index contributed by atoms with van der Waals surface area (Å²) in [4.78, 5) is 31.6. The van der Waals surface area contributed by atoms with Gasteiger partial charge < -0.3 is 5.11 Å². The molecule has 0 spiro atoms. The van der Waals surface area contributed by atoms with E-state index in [1.807, 2.05) is 0 Å². The van der Waals surface area contributed by atoms with Crippen molar-refractivity contribution in [2.24, 2.45) is 0 Å². The van der Waals surface area contributed by atoms with Gasteiger partial charge in [0.25, 0.3) is 5.91 Å². The van der Waals surface area contributed by atoms with Gasteiger partial charge in [0.2, 0.25) is 0 Å². The number of hydrogen-bond donors (Lipinski definition) is 2. The first-order chi connectivity index (χ1) is 8.08. The second-order valence-electron chi connectivity index (χ2n) is 2.95. The largest absolute Gasteiger partial charge is 0.478 e. The first kappa shape index (κ1) is 13.1. The summed E-state index contributed by atoms with van der Waals surface area (Å²) in [7, 11) is 2.61. The number of hydrogen-bond acceptors (Lipinski definition) is 5. The molecule has 0 aliphatic heterocycles. The molecule has 92 valence electrons. The van der Waals surface area contributed by atoms with E-state index < -0.39 is 11.9 Å². The lowest BCUT2D eigenvalue weighted by Gasteiger charge is -2.16. The Bertz CT molecular complexity index is 417. The van der Waals surface area contributed by atoms with Crippen molar-refractivity contribution in [1.82, 2.24) is 10.8 Å². The van der Waals surface area contributed by atoms with Crippen LogP contribution in [-0.4, -0.2) is 36.5 Å². The molecule has 1 amide bonds. The number of nitrogens with zero attached hydrogens (tertiary/aromatic N) is 1. The number of benzene rings is 1. The molecule has 0 aromatic heterocycles. The van der Waals surface area contributed by atoms with Crippen LogP contribution in [0.15, 0.2) is 24.3 Å². The fourth-order valence-electron chi connectivity index (χ4n) is 1.11. The lowest BCUT2D eigenvalue weighted by molar-refractivity contribution is -0.364. The monoisotopic (exact) mass is 240 g/mol. The average Bonchev–Trinajstić information content (AvgIpc) is 2.35. The zero-order valence-electron chi connectivity index (χ0n) is 9.34. The first-order valence-corrected chi connectivity index (χ1v) is 4.61. The summed E-state index contributed by atoms with van der Waals surface area (Å²) in [5.41, 5.74) is 2.47. The van der Waals surface area contributed by atoms with Crippen LogP contribution in [0.25, 0.3) is 0 Å². The summed E-state index contributed by atoms with van der Waals surface area (Å²) in [6, 6.07) is 5.60. The number of aromatic carboxylic acids is 1. The minimum absolute atomic E-state index is 0.0269. The molecule has 1 rings (SSSR count). The number of rotatable bonds is 5. The highest BCUT2D eigenvalue weighted by Gasteiger charge is 2.12. The molecule has 0 bridgehead atoms. The Balaban J connectivity index is 2.82. The molecule has 0 atom stereocenters. The standard InChI is InChI=1S/C10H12N2O5/c1-16-12(17-2)11-9(13)7-4-3-5-8(6-7)10(14)15/h3-6H,1-2H3,(H,11,13)(H,14,15). The highest BCUT2D eigenvalue weighted by atomic mass is 17.0. The number of hydrazine groups is 1. The molecule has 0 heterocycles. The Kier molecular flexibility index (Phi) is 4.58. The second-order valence-corrected chi connectivity index (χ2v) is 2.95. The van der Waals surface area contributed by atoms with Gasteiger partial charge in [0.1, 0.15) is 0 Å². The molecule has 0 aliphatic rings. The molecular weight excluding hydrogens is 228 g/mol. The van der Waals surface area contributed by atoms with Crippen LogP contribution < -0.4 is 5.43 Å². The summed E-state index contributed by atoms with van der Waals surface area (Å²) < 4.78 is 0. The highest BCUT2D eigenvalue weighted by molar-refractivity contribution is 5.97. The minimum Gasteiger partial charge on any atom is -0.478 e. The van der Waals surface area contributed by atoms with Crippen LogP contribution in [0.2, 0.25) is 0 Å². The van der Waals surface area contributed by atoms with Crippen LogP contribution >= 0.6 is 0 Å². The molecule has 0 radical (unpaired) electrons. The van der Waals surface area contributed by atoms with Crippen LogP contribution in [-0.2, 0) is 9.68 Å². The predicted molar refractivity (Wildman–Crippen MR) is 56.7 cm³/mol. The summed E-state index contributed by atoms with van der Waals surface area (Å²) in [5.74, 6) is -1.65. The van der Waals surface area contributed by atoms with Crippen molar-refractivity contribution in [3.05, 3.63) is 35.4 Å². The van der Waals surface area contributed by atoms with Gasteiger partial charge in [0.05, 0.1) is 19.8 Å². The normalized spacial score (nSPS) is 10.3. The molecule has 0 saturated heterocycles. The fraction of sp³-hybridized carbons (Fsp3) is 0.200. The zero-order chi connectivity index (χ0) is 12.8. The van der Waals surface area contributed by atoms with Crippen LogP contribution in [0.4, 0.5) is 0 Å². The average molecular weight is 240 g/mol. The molecule has 17 heavy (non-hydrogen) atoms. The van der Waals surface area contributed by atoms with Gasteiger partial charge in [0.15, 0.2) is 0 Å². The summed E-state index contributed by atoms with van der Waals surface area (Å²) in [6.07, 6.45) is 0. The minimum atomic E-state index is -1.10. The van der Waals surface area contributed by atoms with Gasteiger partial charge in [0, 0.05) is 10.9 Å². The van der Waals surface area contributed by atoms with Crippen molar-refractivity contribution in [2.45, 2.75) is 0 Å². The first-order valence-electron chi connectivity index (χ1n) is 4.61. The predicted octanol–water partition coefficient (Wildman–Crippen LogP) is 0.454. The molecule has 0 aliphatic carbocycles. The van der Waals surface area contributed by atoms with Crippen molar-refractivity contribution < 1.29 is 24.4 Å². The van der Waals surface area contributed by atoms with E-state index in [0.717, 1.165) is 5.34 Å². The van der Waals surface area contributed by atoms with Crippen molar-refractivity contribution in [3.8, 4) is 0 Å². The van der Waals surface area contributed by atoms with E-state index in [1.54, 1.807) is 0 Å². The van der Waals surface area contributed by atoms with Gasteiger partial charge >= 0.3 is 5.97 Å². The maximum atomic E-state index is 11.6. The molecule has 2 N–H and O–H groups in total. The smallest absolute Gasteiger partial charge is 0.335 e. The van der Waals surface area contributed by atoms with Gasteiger partial charge in [-0.2, -0.15) is 0 Å². The molecule has 0 saturated carbocycles. The van der Waals surface area contributed by atoms with Crippen LogP contribution in [0.1, 0.15) is 20.7 Å². The SMILES string of the molecule is CON(NC(=O)c1cccc(C(=O)O)c1)OC. The Morgan fingerprint density at radius 1 is 1.24 bits per heavy atom. The fourth-order valence-corrected chi connectivity index (χ4v) is 1.11. The number of amides is 1. The Morgan fingerprint density at radius 2 is 1.82 bits per heavy atom. The quantitative estimate of drug-likeness (QED) is 0.727. The number of carbonyl (C=O) groups excluding carboxylic acids is 1. The molecule has 1 aromatic carbocycles. The van der Waals surface area contributed by atoms with Gasteiger partial charge in [-0.1, -0.05) is 6.07 Å². The van der Waals surface area contributed by atoms with Crippen LogP contribution in [0.5, 0.6) is 0 Å². The van der Waals surface area contributed by atoms with Gasteiger partial charge in [-0.05, 0) is 18.2 Å². The number of carboxylic acid groups (broad SMARTS) is 1. The maximum absolute atomic E-state index is 11.6. The number of nitrogens with one attached hydrogen (secondary N) is 1. The van der Waals surface area contributed by atoms with E-state index in [4.69, 9.17) is 5.11 Å². The summed E-state index contributed by atoms with van der Waals surface area (Å²) in [5, 5.41) is 9.52. The van der Waals surface area contributed by atoms with Crippen molar-refractivity contribution >= 4 is 11.9 Å². The molecule has 7 heteroatoms. The third kappa shape index (κ3) is 3.52. The Morgan fingerprint density at radius 3 is 2.35 bits per heavy atom. The lowest BCUT2D eigenvalue weighted by atomic mass is 10.1. The van der Waals surface area contributed by atoms with Crippen molar-refractivity contribution in [1.29, 1.82) is 0 Å². The van der Waals surface area contributed by atoms with E-state index in [2.05, 4.69) is 15.1 Å². The van der Waals surface area contributed by atoms with Crippen LogP contribution in [0, 0.1) is 0 Å². The maximum Gasteiger partial charge on any atom is 0.335 e. The second kappa shape index (κ2) is 5.94. The number of carboxylic acids is 1. The Labute approximate surface area is 97.4 Å². The number of carbonyl (C=O) groups is 2. The van der Waals surface area contributed by atoms with Crippen molar-refractivity contribution in [3.63, 3.8) is 0 Å². The molecule has 1 aromatic rings. The van der Waals surface area contributed by atoms with E-state index in [-0.39, 0.29) is 11.1 Å². The van der Waals surface area contributed by atoms with Crippen LogP contribution in [0.3, 0.4) is 0 Å². The van der Waals surface area contributed by atoms with E-state index >= 15 is 0 Å². The third-order valence-corrected chi connectivity index (χ3v) is 1.90. The summed E-state index contributed by atoms with van der Waals surface area (Å²) in [6.45, 7) is 0. The molecule has 7 nitrogen and oxygen atoms in total.